The van der Waals surface area contributed by atoms with E-state index in [-0.39, 0.29) is 0 Å². The van der Waals surface area contributed by atoms with E-state index >= 15 is 0 Å². The third kappa shape index (κ3) is 7.84. The zero-order chi connectivity index (χ0) is 7.11. The molecule has 4 heteroatoms. The van der Waals surface area contributed by atoms with Gasteiger partial charge in [0.05, 0.1) is 0 Å². The highest BCUT2D eigenvalue weighted by Crippen LogP contribution is 1.89. The van der Waals surface area contributed by atoms with Crippen LogP contribution in [0.2, 0.25) is 0 Å². The second kappa shape index (κ2) is 5.96. The fourth-order valence-corrected chi connectivity index (χ4v) is 0.794. The SMILES string of the molecule is C=CCCCO[SiH](O)O. The summed E-state index contributed by atoms with van der Waals surface area (Å²) in [4.78, 5) is 16.6. The van der Waals surface area contributed by atoms with E-state index in [0.29, 0.717) is 6.61 Å². The average Bonchev–Trinajstić information content (AvgIpc) is 1.80. The van der Waals surface area contributed by atoms with Gasteiger partial charge in [-0.2, -0.15) is 0 Å². The molecule has 2 N–H and O–H groups in total. The first kappa shape index (κ1) is 8.84. The first-order valence-electron chi connectivity index (χ1n) is 2.86. The third-order valence-corrected chi connectivity index (χ3v) is 1.35. The van der Waals surface area contributed by atoms with Gasteiger partial charge >= 0.3 is 9.53 Å². The van der Waals surface area contributed by atoms with Crippen molar-refractivity contribution in [2.45, 2.75) is 12.8 Å². The molecule has 0 rings (SSSR count). The summed E-state index contributed by atoms with van der Waals surface area (Å²) in [6, 6.07) is 0. The quantitative estimate of drug-likeness (QED) is 0.319. The van der Waals surface area contributed by atoms with Crippen molar-refractivity contribution in [1.29, 1.82) is 0 Å². The fraction of sp³-hybridized carbons (Fsp3) is 0.600. The molecule has 3 nitrogen and oxygen atoms in total. The van der Waals surface area contributed by atoms with Crippen molar-refractivity contribution in [2.75, 3.05) is 6.61 Å². The maximum atomic E-state index is 8.30. The van der Waals surface area contributed by atoms with Crippen molar-refractivity contribution < 1.29 is 14.0 Å². The van der Waals surface area contributed by atoms with E-state index in [1.54, 1.807) is 6.08 Å². The maximum absolute atomic E-state index is 8.30. The van der Waals surface area contributed by atoms with E-state index < -0.39 is 9.53 Å². The van der Waals surface area contributed by atoms with Crippen LogP contribution in [0.1, 0.15) is 12.8 Å². The van der Waals surface area contributed by atoms with E-state index in [1.165, 1.54) is 0 Å². The Morgan fingerprint density at radius 3 is 2.67 bits per heavy atom. The van der Waals surface area contributed by atoms with Gasteiger partial charge in [-0.05, 0) is 12.8 Å². The van der Waals surface area contributed by atoms with Crippen LogP contribution >= 0.6 is 0 Å². The molecule has 54 valence electrons. The molecule has 0 atom stereocenters. The summed E-state index contributed by atoms with van der Waals surface area (Å²) in [6.45, 7) is 3.93. The van der Waals surface area contributed by atoms with Crippen LogP contribution < -0.4 is 0 Å². The molecule has 0 aromatic carbocycles. The minimum atomic E-state index is -2.75. The van der Waals surface area contributed by atoms with E-state index in [4.69, 9.17) is 9.59 Å². The Labute approximate surface area is 56.6 Å². The molecule has 0 aliphatic carbocycles. The van der Waals surface area contributed by atoms with E-state index in [0.717, 1.165) is 12.8 Å². The number of rotatable bonds is 5. The predicted molar refractivity (Wildman–Crippen MR) is 37.0 cm³/mol. The van der Waals surface area contributed by atoms with E-state index in [2.05, 4.69) is 11.0 Å². The number of unbranched alkanes of at least 4 members (excludes halogenated alkanes) is 1. The third-order valence-electron chi connectivity index (χ3n) is 0.820. The van der Waals surface area contributed by atoms with Gasteiger partial charge < -0.3 is 14.0 Å². The van der Waals surface area contributed by atoms with Crippen molar-refractivity contribution in [2.24, 2.45) is 0 Å². The summed E-state index contributed by atoms with van der Waals surface area (Å²) < 4.78 is 4.55. The minimum absolute atomic E-state index is 0.426. The van der Waals surface area contributed by atoms with Crippen LogP contribution in [0.4, 0.5) is 0 Å². The number of hydrogen-bond donors (Lipinski definition) is 2. The highest BCUT2D eigenvalue weighted by atomic mass is 28.3. The van der Waals surface area contributed by atoms with Crippen molar-refractivity contribution in [3.05, 3.63) is 12.7 Å². The molecular formula is C5H12O3Si. The van der Waals surface area contributed by atoms with E-state index in [9.17, 15) is 0 Å². The zero-order valence-electron chi connectivity index (χ0n) is 5.29. The van der Waals surface area contributed by atoms with Gasteiger partial charge in [0.2, 0.25) is 0 Å². The Hall–Kier alpha value is -0.163. The number of allylic oxidation sites excluding steroid dienone is 1. The van der Waals surface area contributed by atoms with Crippen LogP contribution in [0.5, 0.6) is 0 Å². The highest BCUT2D eigenvalue weighted by Gasteiger charge is 1.98. The first-order valence-corrected chi connectivity index (χ1v) is 4.36. The van der Waals surface area contributed by atoms with Crippen LogP contribution in [-0.4, -0.2) is 25.7 Å². The molecule has 0 heterocycles. The molecule has 0 bridgehead atoms. The molecule has 0 aromatic rings. The van der Waals surface area contributed by atoms with E-state index in [1.807, 2.05) is 0 Å². The summed E-state index contributed by atoms with van der Waals surface area (Å²) in [5.74, 6) is 0. The molecule has 0 spiro atoms. The highest BCUT2D eigenvalue weighted by molar-refractivity contribution is 6.32. The lowest BCUT2D eigenvalue weighted by Gasteiger charge is -2.00. The van der Waals surface area contributed by atoms with Gasteiger partial charge in [-0.25, -0.2) is 0 Å². The zero-order valence-corrected chi connectivity index (χ0v) is 6.44. The summed E-state index contributed by atoms with van der Waals surface area (Å²) in [5, 5.41) is 0. The van der Waals surface area contributed by atoms with Gasteiger partial charge in [-0.3, -0.25) is 0 Å². The molecular weight excluding hydrogens is 136 g/mol. The second-order valence-electron chi connectivity index (χ2n) is 1.63. The fourth-order valence-electron chi connectivity index (χ4n) is 0.416. The van der Waals surface area contributed by atoms with Crippen LogP contribution in [0.25, 0.3) is 0 Å². The van der Waals surface area contributed by atoms with Gasteiger partial charge in [0.15, 0.2) is 0 Å². The first-order chi connectivity index (χ1) is 4.27. The molecule has 0 aromatic heterocycles. The summed E-state index contributed by atoms with van der Waals surface area (Å²) in [7, 11) is -2.75. The van der Waals surface area contributed by atoms with Crippen LogP contribution in [0.15, 0.2) is 12.7 Å². The van der Waals surface area contributed by atoms with Crippen molar-refractivity contribution >= 4 is 9.53 Å². The minimum Gasteiger partial charge on any atom is -0.392 e. The van der Waals surface area contributed by atoms with Gasteiger partial charge in [0.25, 0.3) is 0 Å². The second-order valence-corrected chi connectivity index (χ2v) is 2.61. The molecule has 0 unspecified atom stereocenters. The molecule has 0 radical (unpaired) electrons. The smallest absolute Gasteiger partial charge is 0.392 e. The molecule has 0 aliphatic rings. The van der Waals surface area contributed by atoms with Crippen molar-refractivity contribution in [1.82, 2.24) is 0 Å². The Morgan fingerprint density at radius 1 is 1.56 bits per heavy atom. The summed E-state index contributed by atoms with van der Waals surface area (Å²) in [6.07, 6.45) is 3.45. The number of hydrogen-bond acceptors (Lipinski definition) is 3. The Bertz CT molecular complexity index is 74.6. The monoisotopic (exact) mass is 148 g/mol. The molecule has 9 heavy (non-hydrogen) atoms. The molecule has 0 aliphatic heterocycles. The molecule has 0 saturated heterocycles. The molecule has 0 fully saturated rings. The Kier molecular flexibility index (Phi) is 5.86. The van der Waals surface area contributed by atoms with Gasteiger partial charge in [-0.1, -0.05) is 6.08 Å². The molecule has 0 amide bonds. The summed E-state index contributed by atoms with van der Waals surface area (Å²) >= 11 is 0. The lowest BCUT2D eigenvalue weighted by molar-refractivity contribution is 0.184. The Morgan fingerprint density at radius 2 is 2.22 bits per heavy atom. The largest absolute Gasteiger partial charge is 0.478 e. The standard InChI is InChI=1S/C5H12O3Si/c1-2-3-4-5-8-9(6)7/h2,6-7,9H,1,3-5H2. The van der Waals surface area contributed by atoms with Crippen LogP contribution in [0, 0.1) is 0 Å². The lowest BCUT2D eigenvalue weighted by atomic mass is 10.3. The van der Waals surface area contributed by atoms with Crippen molar-refractivity contribution in [3.8, 4) is 0 Å². The van der Waals surface area contributed by atoms with Gasteiger partial charge in [0, 0.05) is 6.61 Å². The van der Waals surface area contributed by atoms with Gasteiger partial charge in [0.1, 0.15) is 0 Å². The normalized spacial score (nSPS) is 10.1. The summed E-state index contributed by atoms with van der Waals surface area (Å²) in [5.41, 5.74) is 0. The average molecular weight is 148 g/mol. The Balaban J connectivity index is 2.82. The lowest BCUT2D eigenvalue weighted by Crippen LogP contribution is -2.17. The predicted octanol–water partition coefficient (Wildman–Crippen LogP) is -0.329. The van der Waals surface area contributed by atoms with Crippen molar-refractivity contribution in [3.63, 3.8) is 0 Å². The molecule has 0 saturated carbocycles. The topological polar surface area (TPSA) is 49.7 Å². The van der Waals surface area contributed by atoms with Crippen LogP contribution in [0.3, 0.4) is 0 Å². The van der Waals surface area contributed by atoms with Crippen LogP contribution in [-0.2, 0) is 4.43 Å². The maximum Gasteiger partial charge on any atom is 0.478 e. The van der Waals surface area contributed by atoms with Gasteiger partial charge in [-0.15, -0.1) is 6.58 Å².